The number of sulfonamides is 1. The van der Waals surface area contributed by atoms with E-state index in [1.807, 2.05) is 0 Å². The van der Waals surface area contributed by atoms with Crippen LogP contribution in [-0.4, -0.2) is 29.9 Å². The molecule has 0 N–H and O–H groups in total. The molecule has 0 saturated carbocycles. The zero-order valence-corrected chi connectivity index (χ0v) is 12.9. The highest BCUT2D eigenvalue weighted by Crippen LogP contribution is 2.25. The second-order valence-electron chi connectivity index (χ2n) is 4.79. The normalized spacial score (nSPS) is 13.2. The van der Waals surface area contributed by atoms with Gasteiger partial charge in [-0.25, -0.2) is 8.42 Å². The number of non-ortho nitro benzene ring substituents is 1. The van der Waals surface area contributed by atoms with Gasteiger partial charge in [-0.1, -0.05) is 17.3 Å². The standard InChI is InChI=1S/C13H15N3O5S/c1-10(11-4-3-5-13(8-11)16(17)18)15(2)22(19,20)9-12-6-7-21-14-12/h3-8,10H,9H2,1-2H3. The molecule has 0 aliphatic carbocycles. The molecule has 8 nitrogen and oxygen atoms in total. The molecule has 22 heavy (non-hydrogen) atoms. The number of hydrogen-bond donors (Lipinski definition) is 0. The molecule has 1 aromatic carbocycles. The molecule has 1 atom stereocenters. The highest BCUT2D eigenvalue weighted by Gasteiger charge is 2.26. The van der Waals surface area contributed by atoms with Gasteiger partial charge in [0.25, 0.3) is 5.69 Å². The maximum absolute atomic E-state index is 12.3. The van der Waals surface area contributed by atoms with Crippen LogP contribution < -0.4 is 0 Å². The Morgan fingerprint density at radius 1 is 1.41 bits per heavy atom. The fraction of sp³-hybridized carbons (Fsp3) is 0.308. The van der Waals surface area contributed by atoms with E-state index < -0.39 is 21.0 Å². The van der Waals surface area contributed by atoms with E-state index in [1.54, 1.807) is 13.0 Å². The lowest BCUT2D eigenvalue weighted by molar-refractivity contribution is -0.384. The fourth-order valence-corrected chi connectivity index (χ4v) is 3.28. The van der Waals surface area contributed by atoms with E-state index in [-0.39, 0.29) is 11.4 Å². The molecule has 2 aromatic rings. The lowest BCUT2D eigenvalue weighted by Gasteiger charge is -2.24. The molecule has 1 aromatic heterocycles. The van der Waals surface area contributed by atoms with Crippen LogP contribution in [-0.2, 0) is 15.8 Å². The van der Waals surface area contributed by atoms with Crippen molar-refractivity contribution in [3.05, 3.63) is 58.0 Å². The predicted molar refractivity (Wildman–Crippen MR) is 78.4 cm³/mol. The Bertz CT molecular complexity index is 758. The van der Waals surface area contributed by atoms with Crippen molar-refractivity contribution >= 4 is 15.7 Å². The van der Waals surface area contributed by atoms with Crippen molar-refractivity contribution in [2.75, 3.05) is 7.05 Å². The van der Waals surface area contributed by atoms with E-state index in [4.69, 9.17) is 0 Å². The van der Waals surface area contributed by atoms with Crippen molar-refractivity contribution in [3.8, 4) is 0 Å². The van der Waals surface area contributed by atoms with Crippen molar-refractivity contribution in [1.29, 1.82) is 0 Å². The minimum atomic E-state index is -3.62. The predicted octanol–water partition coefficient (Wildman–Crippen LogP) is 2.11. The second-order valence-corrected chi connectivity index (χ2v) is 6.82. The first-order chi connectivity index (χ1) is 10.3. The van der Waals surface area contributed by atoms with Gasteiger partial charge in [0.05, 0.1) is 10.6 Å². The summed E-state index contributed by atoms with van der Waals surface area (Å²) in [5.74, 6) is -0.292. The van der Waals surface area contributed by atoms with Crippen LogP contribution >= 0.6 is 0 Å². The lowest BCUT2D eigenvalue weighted by Crippen LogP contribution is -2.31. The molecule has 0 amide bonds. The zero-order chi connectivity index (χ0) is 16.3. The maximum Gasteiger partial charge on any atom is 0.269 e. The van der Waals surface area contributed by atoms with Crippen LogP contribution in [0, 0.1) is 10.1 Å². The van der Waals surface area contributed by atoms with E-state index in [9.17, 15) is 18.5 Å². The van der Waals surface area contributed by atoms with Crippen LogP contribution in [0.3, 0.4) is 0 Å². The van der Waals surface area contributed by atoms with E-state index in [1.165, 1.54) is 41.9 Å². The Kier molecular flexibility index (Phi) is 4.57. The first-order valence-electron chi connectivity index (χ1n) is 6.40. The molecule has 0 aliphatic heterocycles. The number of aromatic nitrogens is 1. The summed E-state index contributed by atoms with van der Waals surface area (Å²) in [5.41, 5.74) is 0.769. The molecule has 0 radical (unpaired) electrons. The average Bonchev–Trinajstić information content (AvgIpc) is 2.98. The average molecular weight is 325 g/mol. The summed E-state index contributed by atoms with van der Waals surface area (Å²) in [6.45, 7) is 1.67. The summed E-state index contributed by atoms with van der Waals surface area (Å²) in [6, 6.07) is 6.84. The number of nitro groups is 1. The van der Waals surface area contributed by atoms with Crippen molar-refractivity contribution in [2.45, 2.75) is 18.7 Å². The van der Waals surface area contributed by atoms with Gasteiger partial charge >= 0.3 is 0 Å². The minimum Gasteiger partial charge on any atom is -0.364 e. The van der Waals surface area contributed by atoms with Gasteiger partial charge in [-0.15, -0.1) is 0 Å². The molecule has 0 bridgehead atoms. The van der Waals surface area contributed by atoms with Crippen LogP contribution in [0.25, 0.3) is 0 Å². The molecule has 0 fully saturated rings. The molecule has 0 aliphatic rings. The quantitative estimate of drug-likeness (QED) is 0.594. The third-order valence-electron chi connectivity index (χ3n) is 3.37. The van der Waals surface area contributed by atoms with Crippen LogP contribution in [0.1, 0.15) is 24.2 Å². The zero-order valence-electron chi connectivity index (χ0n) is 12.0. The molecule has 118 valence electrons. The third kappa shape index (κ3) is 3.49. The number of benzene rings is 1. The molecule has 9 heteroatoms. The first-order valence-corrected chi connectivity index (χ1v) is 8.01. The highest BCUT2D eigenvalue weighted by atomic mass is 32.2. The van der Waals surface area contributed by atoms with Crippen LogP contribution in [0.2, 0.25) is 0 Å². The number of nitrogens with zero attached hydrogens (tertiary/aromatic N) is 3. The van der Waals surface area contributed by atoms with Crippen molar-refractivity contribution in [1.82, 2.24) is 9.46 Å². The number of rotatable bonds is 6. The molecule has 2 rings (SSSR count). The summed E-state index contributed by atoms with van der Waals surface area (Å²) < 4.78 is 30.5. The summed E-state index contributed by atoms with van der Waals surface area (Å²) in [4.78, 5) is 10.3. The summed E-state index contributed by atoms with van der Waals surface area (Å²) >= 11 is 0. The van der Waals surface area contributed by atoms with E-state index in [0.29, 0.717) is 11.3 Å². The lowest BCUT2D eigenvalue weighted by atomic mass is 10.1. The topological polar surface area (TPSA) is 107 Å². The molecular weight excluding hydrogens is 310 g/mol. The smallest absolute Gasteiger partial charge is 0.269 e. The SMILES string of the molecule is CC(c1cccc([N+](=O)[O-])c1)N(C)S(=O)(=O)Cc1ccon1. The maximum atomic E-state index is 12.3. The van der Waals surface area contributed by atoms with E-state index in [0.717, 1.165) is 0 Å². The molecule has 0 saturated heterocycles. The van der Waals surface area contributed by atoms with Crippen LogP contribution in [0.5, 0.6) is 0 Å². The molecule has 1 unspecified atom stereocenters. The Hall–Kier alpha value is -2.26. The van der Waals surface area contributed by atoms with Gasteiger partial charge in [0, 0.05) is 31.3 Å². The van der Waals surface area contributed by atoms with Crippen LogP contribution in [0.15, 0.2) is 41.1 Å². The van der Waals surface area contributed by atoms with Crippen molar-refractivity contribution in [2.24, 2.45) is 0 Å². The highest BCUT2D eigenvalue weighted by molar-refractivity contribution is 7.88. The Morgan fingerprint density at radius 3 is 2.73 bits per heavy atom. The monoisotopic (exact) mass is 325 g/mol. The second kappa shape index (κ2) is 6.24. The minimum absolute atomic E-state index is 0.0772. The first kappa shape index (κ1) is 16.1. The van der Waals surface area contributed by atoms with Gasteiger partial charge in [-0.2, -0.15) is 4.31 Å². The number of nitro benzene ring substituents is 1. The summed E-state index contributed by atoms with van der Waals surface area (Å²) in [7, 11) is -2.19. The van der Waals surface area contributed by atoms with Gasteiger partial charge in [-0.05, 0) is 12.5 Å². The van der Waals surface area contributed by atoms with Crippen molar-refractivity contribution < 1.29 is 17.9 Å². The molecule has 1 heterocycles. The molecule has 0 spiro atoms. The van der Waals surface area contributed by atoms with E-state index >= 15 is 0 Å². The summed E-state index contributed by atoms with van der Waals surface area (Å²) in [5, 5.41) is 14.4. The van der Waals surface area contributed by atoms with Gasteiger partial charge in [0.1, 0.15) is 12.0 Å². The van der Waals surface area contributed by atoms with Gasteiger partial charge in [-0.3, -0.25) is 10.1 Å². The van der Waals surface area contributed by atoms with Crippen LogP contribution in [0.4, 0.5) is 5.69 Å². The van der Waals surface area contributed by atoms with Gasteiger partial charge in [0.15, 0.2) is 0 Å². The number of hydrogen-bond acceptors (Lipinski definition) is 6. The third-order valence-corrected chi connectivity index (χ3v) is 5.22. The van der Waals surface area contributed by atoms with E-state index in [2.05, 4.69) is 9.68 Å². The Morgan fingerprint density at radius 2 is 2.14 bits per heavy atom. The Labute approximate surface area is 127 Å². The largest absolute Gasteiger partial charge is 0.364 e. The van der Waals surface area contributed by atoms with Gasteiger partial charge in [0.2, 0.25) is 10.0 Å². The Balaban J connectivity index is 2.22. The fourth-order valence-electron chi connectivity index (χ4n) is 1.95. The van der Waals surface area contributed by atoms with Crippen molar-refractivity contribution in [3.63, 3.8) is 0 Å². The summed E-state index contributed by atoms with van der Waals surface area (Å²) in [6.07, 6.45) is 1.30. The van der Waals surface area contributed by atoms with Gasteiger partial charge < -0.3 is 4.52 Å². The molecular formula is C13H15N3O5S.